The number of nitrogens with two attached hydrogens (primary N) is 1. The third-order valence-electron chi connectivity index (χ3n) is 5.74. The van der Waals surface area contributed by atoms with Crippen LogP contribution in [0, 0.1) is 11.3 Å². The van der Waals surface area contributed by atoms with Gasteiger partial charge in [-0.3, -0.25) is 9.80 Å². The maximum Gasteiger partial charge on any atom is 0.162 e. The Morgan fingerprint density at radius 2 is 1.59 bits per heavy atom. The highest BCUT2D eigenvalue weighted by molar-refractivity contribution is 6.00. The fourth-order valence-electron chi connectivity index (χ4n) is 4.51. The standard InChI is InChI=1S/C24H24N4O/c1-27(2)28-20-13-18(16-9-5-3-6-10-16)14-21(29)23(20)22(19(15-25)24(28)26)17-11-7-4-8-12-17/h3-12,18,22H,13-14,26H2,1-2H3/t18-,22+/m1/s1. The number of hydrazine groups is 1. The fourth-order valence-corrected chi connectivity index (χ4v) is 4.51. The van der Waals surface area contributed by atoms with Gasteiger partial charge in [-0.05, 0) is 23.5 Å². The molecule has 5 heteroatoms. The number of hydrogen-bond acceptors (Lipinski definition) is 5. The van der Waals surface area contributed by atoms with Crippen molar-refractivity contribution in [3.05, 3.63) is 94.5 Å². The molecule has 0 bridgehead atoms. The number of Topliss-reactive ketones (excluding diaryl/α,β-unsaturated/α-hetero) is 1. The van der Waals surface area contributed by atoms with Crippen molar-refractivity contribution in [3.8, 4) is 6.07 Å². The van der Waals surface area contributed by atoms with Gasteiger partial charge in [-0.15, -0.1) is 0 Å². The summed E-state index contributed by atoms with van der Waals surface area (Å²) >= 11 is 0. The average molecular weight is 384 g/mol. The third-order valence-corrected chi connectivity index (χ3v) is 5.74. The molecule has 5 nitrogen and oxygen atoms in total. The van der Waals surface area contributed by atoms with Gasteiger partial charge in [-0.1, -0.05) is 60.7 Å². The number of carbonyl (C=O) groups excluding carboxylic acids is 1. The molecule has 1 heterocycles. The van der Waals surface area contributed by atoms with Gasteiger partial charge in [-0.2, -0.15) is 5.26 Å². The summed E-state index contributed by atoms with van der Waals surface area (Å²) in [6, 6.07) is 22.1. The van der Waals surface area contributed by atoms with Crippen molar-refractivity contribution in [3.63, 3.8) is 0 Å². The Morgan fingerprint density at radius 1 is 1.00 bits per heavy atom. The molecule has 4 rings (SSSR count). The topological polar surface area (TPSA) is 73.4 Å². The summed E-state index contributed by atoms with van der Waals surface area (Å²) < 4.78 is 0. The van der Waals surface area contributed by atoms with Gasteiger partial charge in [0, 0.05) is 31.8 Å². The summed E-state index contributed by atoms with van der Waals surface area (Å²) in [6.45, 7) is 0. The smallest absolute Gasteiger partial charge is 0.162 e. The predicted octanol–water partition coefficient (Wildman–Crippen LogP) is 3.66. The monoisotopic (exact) mass is 384 g/mol. The number of hydrogen-bond donors (Lipinski definition) is 1. The molecule has 0 unspecified atom stereocenters. The second-order valence-corrected chi connectivity index (χ2v) is 7.71. The highest BCUT2D eigenvalue weighted by Crippen LogP contribution is 2.47. The van der Waals surface area contributed by atoms with E-state index < -0.39 is 5.92 Å². The first-order valence-electron chi connectivity index (χ1n) is 9.76. The number of nitriles is 1. The van der Waals surface area contributed by atoms with Crippen molar-refractivity contribution in [1.82, 2.24) is 10.0 Å². The number of rotatable bonds is 3. The van der Waals surface area contributed by atoms with Gasteiger partial charge in [0.15, 0.2) is 5.78 Å². The van der Waals surface area contributed by atoms with E-state index in [-0.39, 0.29) is 11.7 Å². The lowest BCUT2D eigenvalue weighted by Gasteiger charge is -2.43. The molecule has 0 aromatic heterocycles. The largest absolute Gasteiger partial charge is 0.383 e. The minimum Gasteiger partial charge on any atom is -0.383 e. The first-order valence-corrected chi connectivity index (χ1v) is 9.76. The van der Waals surface area contributed by atoms with Gasteiger partial charge < -0.3 is 5.73 Å². The highest BCUT2D eigenvalue weighted by Gasteiger charge is 2.43. The van der Waals surface area contributed by atoms with Crippen molar-refractivity contribution in [1.29, 1.82) is 5.26 Å². The molecule has 2 aliphatic rings. The number of allylic oxidation sites excluding steroid dienone is 3. The van der Waals surface area contributed by atoms with Crippen LogP contribution in [0.4, 0.5) is 0 Å². The van der Waals surface area contributed by atoms with Crippen molar-refractivity contribution < 1.29 is 4.79 Å². The molecule has 2 aromatic carbocycles. The van der Waals surface area contributed by atoms with Crippen LogP contribution in [0.25, 0.3) is 0 Å². The van der Waals surface area contributed by atoms with Gasteiger partial charge >= 0.3 is 0 Å². The molecule has 2 aromatic rings. The van der Waals surface area contributed by atoms with E-state index in [0.29, 0.717) is 29.8 Å². The molecule has 146 valence electrons. The summed E-state index contributed by atoms with van der Waals surface area (Å²) in [5, 5.41) is 13.6. The van der Waals surface area contributed by atoms with Crippen LogP contribution in [0.2, 0.25) is 0 Å². The minimum atomic E-state index is -0.420. The Kier molecular flexibility index (Phi) is 4.96. The van der Waals surface area contributed by atoms with Gasteiger partial charge in [0.2, 0.25) is 0 Å². The molecule has 1 aliphatic carbocycles. The first kappa shape index (κ1) is 19.0. The van der Waals surface area contributed by atoms with E-state index in [0.717, 1.165) is 16.8 Å². The number of nitrogens with zero attached hydrogens (tertiary/aromatic N) is 3. The Morgan fingerprint density at radius 3 is 2.14 bits per heavy atom. The molecule has 29 heavy (non-hydrogen) atoms. The number of ketones is 1. The molecule has 2 atom stereocenters. The second-order valence-electron chi connectivity index (χ2n) is 7.71. The maximum absolute atomic E-state index is 13.5. The summed E-state index contributed by atoms with van der Waals surface area (Å²) in [5.41, 5.74) is 10.6. The molecule has 0 amide bonds. The lowest BCUT2D eigenvalue weighted by Crippen LogP contribution is -2.46. The molecule has 0 radical (unpaired) electrons. The SMILES string of the molecule is CN(C)N1C(N)=C(C#N)[C@H](c2ccccc2)C2=C1C[C@@H](c1ccccc1)CC2=O. The molecule has 0 spiro atoms. The van der Waals surface area contributed by atoms with Gasteiger partial charge in [0.05, 0.1) is 17.6 Å². The molecule has 1 aliphatic heterocycles. The zero-order chi connectivity index (χ0) is 20.5. The Balaban J connectivity index is 1.89. The average Bonchev–Trinajstić information content (AvgIpc) is 2.73. The number of carbonyl (C=O) groups is 1. The molecule has 0 fully saturated rings. The summed E-state index contributed by atoms with van der Waals surface area (Å²) in [6.07, 6.45) is 1.14. The van der Waals surface area contributed by atoms with Gasteiger partial charge in [0.25, 0.3) is 0 Å². The van der Waals surface area contributed by atoms with Crippen molar-refractivity contribution >= 4 is 5.78 Å². The van der Waals surface area contributed by atoms with Crippen LogP contribution in [0.3, 0.4) is 0 Å². The molecule has 2 N–H and O–H groups in total. The van der Waals surface area contributed by atoms with Crippen LogP contribution >= 0.6 is 0 Å². The highest BCUT2D eigenvalue weighted by atomic mass is 16.1. The van der Waals surface area contributed by atoms with Crippen molar-refractivity contribution in [2.24, 2.45) is 5.73 Å². The molecule has 0 saturated heterocycles. The summed E-state index contributed by atoms with van der Waals surface area (Å²) in [5.74, 6) is 0.155. The van der Waals surface area contributed by atoms with E-state index in [2.05, 4.69) is 18.2 Å². The van der Waals surface area contributed by atoms with E-state index >= 15 is 0 Å². The minimum absolute atomic E-state index is 0.0843. The third kappa shape index (κ3) is 3.22. The van der Waals surface area contributed by atoms with Crippen LogP contribution < -0.4 is 5.73 Å². The van der Waals surface area contributed by atoms with E-state index in [1.54, 1.807) is 0 Å². The predicted molar refractivity (Wildman–Crippen MR) is 112 cm³/mol. The van der Waals surface area contributed by atoms with Crippen molar-refractivity contribution in [2.45, 2.75) is 24.7 Å². The quantitative estimate of drug-likeness (QED) is 0.874. The van der Waals surface area contributed by atoms with Crippen LogP contribution in [0.15, 0.2) is 83.3 Å². The lowest BCUT2D eigenvalue weighted by atomic mass is 9.72. The zero-order valence-electron chi connectivity index (χ0n) is 16.7. The Hall–Kier alpha value is -3.36. The van der Waals surface area contributed by atoms with Gasteiger partial charge in [-0.25, -0.2) is 5.01 Å². The van der Waals surface area contributed by atoms with E-state index in [9.17, 15) is 10.1 Å². The first-order chi connectivity index (χ1) is 14.0. The van der Waals surface area contributed by atoms with E-state index in [1.807, 2.05) is 72.6 Å². The second kappa shape index (κ2) is 7.57. The number of benzene rings is 2. The maximum atomic E-state index is 13.5. The Bertz CT molecular complexity index is 1030. The molecular weight excluding hydrogens is 360 g/mol. The summed E-state index contributed by atoms with van der Waals surface area (Å²) in [7, 11) is 3.76. The fraction of sp³-hybridized carbons (Fsp3) is 0.250. The van der Waals surface area contributed by atoms with Gasteiger partial charge in [0.1, 0.15) is 5.82 Å². The van der Waals surface area contributed by atoms with Crippen LogP contribution in [-0.2, 0) is 4.79 Å². The molecule has 0 saturated carbocycles. The van der Waals surface area contributed by atoms with E-state index in [4.69, 9.17) is 5.73 Å². The van der Waals surface area contributed by atoms with Crippen LogP contribution in [0.5, 0.6) is 0 Å². The van der Waals surface area contributed by atoms with Crippen LogP contribution in [0.1, 0.15) is 35.8 Å². The Labute approximate surface area is 171 Å². The zero-order valence-corrected chi connectivity index (χ0v) is 16.7. The van der Waals surface area contributed by atoms with Crippen molar-refractivity contribution in [2.75, 3.05) is 14.1 Å². The van der Waals surface area contributed by atoms with Crippen LogP contribution in [-0.4, -0.2) is 29.9 Å². The lowest BCUT2D eigenvalue weighted by molar-refractivity contribution is -0.117. The molecular formula is C24H24N4O. The van der Waals surface area contributed by atoms with E-state index in [1.165, 1.54) is 0 Å². The summed E-state index contributed by atoms with van der Waals surface area (Å²) in [4.78, 5) is 13.5. The normalized spacial score (nSPS) is 22.0.